The van der Waals surface area contributed by atoms with E-state index in [4.69, 9.17) is 18.9 Å². The van der Waals surface area contributed by atoms with Crippen molar-refractivity contribution < 1.29 is 23.7 Å². The minimum atomic E-state index is -0.00105. The Hall–Kier alpha value is -3.15. The van der Waals surface area contributed by atoms with Crippen molar-refractivity contribution in [3.05, 3.63) is 53.6 Å². The first kappa shape index (κ1) is 21.1. The Bertz CT molecular complexity index is 968. The van der Waals surface area contributed by atoms with Crippen molar-refractivity contribution in [3.63, 3.8) is 0 Å². The summed E-state index contributed by atoms with van der Waals surface area (Å²) in [4.78, 5) is 14.9. The van der Waals surface area contributed by atoms with Gasteiger partial charge in [0.05, 0.1) is 19.3 Å². The molecular formula is C25H29NO5. The van der Waals surface area contributed by atoms with Crippen LogP contribution in [0.1, 0.15) is 43.9 Å². The van der Waals surface area contributed by atoms with Gasteiger partial charge in [-0.15, -0.1) is 0 Å². The molecule has 0 radical (unpaired) electrons. The molecule has 2 aliphatic rings. The normalized spacial score (nSPS) is 17.9. The molecule has 2 aliphatic heterocycles. The summed E-state index contributed by atoms with van der Waals surface area (Å²) in [7, 11) is 1.61. The zero-order chi connectivity index (χ0) is 21.8. The minimum Gasteiger partial charge on any atom is -0.493 e. The van der Waals surface area contributed by atoms with E-state index in [-0.39, 0.29) is 18.1 Å². The van der Waals surface area contributed by atoms with E-state index in [1.165, 1.54) is 0 Å². The lowest BCUT2D eigenvalue weighted by Gasteiger charge is -2.26. The number of fused-ring (bicyclic) bond motifs is 1. The minimum absolute atomic E-state index is 0.00105. The number of hydrogen-bond donors (Lipinski definition) is 0. The van der Waals surface area contributed by atoms with Crippen LogP contribution in [-0.4, -0.2) is 43.8 Å². The number of benzene rings is 2. The van der Waals surface area contributed by atoms with Crippen molar-refractivity contribution in [2.24, 2.45) is 0 Å². The van der Waals surface area contributed by atoms with Gasteiger partial charge in [0, 0.05) is 12.6 Å². The van der Waals surface area contributed by atoms with Crippen LogP contribution in [0.3, 0.4) is 0 Å². The quantitative estimate of drug-likeness (QED) is 0.634. The molecule has 2 aromatic carbocycles. The maximum Gasteiger partial charge on any atom is 0.247 e. The number of carbonyl (C=O) groups is 1. The second-order valence-corrected chi connectivity index (χ2v) is 8.00. The average Bonchev–Trinajstić information content (AvgIpc) is 3.27. The van der Waals surface area contributed by atoms with Gasteiger partial charge in [0.25, 0.3) is 0 Å². The summed E-state index contributed by atoms with van der Waals surface area (Å²) in [5.41, 5.74) is 1.97. The largest absolute Gasteiger partial charge is 0.493 e. The second-order valence-electron chi connectivity index (χ2n) is 8.00. The molecule has 0 spiro atoms. The van der Waals surface area contributed by atoms with Crippen LogP contribution in [0.4, 0.5) is 0 Å². The van der Waals surface area contributed by atoms with E-state index < -0.39 is 0 Å². The molecule has 6 nitrogen and oxygen atoms in total. The number of amides is 1. The Kier molecular flexibility index (Phi) is 6.35. The molecule has 0 aromatic heterocycles. The molecule has 0 N–H and O–H groups in total. The SMILES string of the molecule is COc1cc(/C=C/C(=O)N2CCCC2c2ccc3c(c2)OCCO3)ccc1OC(C)C. The van der Waals surface area contributed by atoms with Gasteiger partial charge in [-0.1, -0.05) is 12.1 Å². The number of ether oxygens (including phenoxy) is 4. The van der Waals surface area contributed by atoms with Crippen molar-refractivity contribution in [1.29, 1.82) is 0 Å². The van der Waals surface area contributed by atoms with E-state index in [0.717, 1.165) is 42.0 Å². The third-order valence-corrected chi connectivity index (χ3v) is 5.46. The fraction of sp³-hybridized carbons (Fsp3) is 0.400. The van der Waals surface area contributed by atoms with Gasteiger partial charge in [-0.25, -0.2) is 0 Å². The summed E-state index contributed by atoms with van der Waals surface area (Å²) in [6.45, 7) is 5.81. The lowest BCUT2D eigenvalue weighted by Crippen LogP contribution is -2.29. The van der Waals surface area contributed by atoms with Crippen LogP contribution in [0.2, 0.25) is 0 Å². The predicted molar refractivity (Wildman–Crippen MR) is 119 cm³/mol. The van der Waals surface area contributed by atoms with Crippen LogP contribution in [0.15, 0.2) is 42.5 Å². The van der Waals surface area contributed by atoms with Crippen molar-refractivity contribution >= 4 is 12.0 Å². The monoisotopic (exact) mass is 423 g/mol. The Morgan fingerprint density at radius 2 is 1.90 bits per heavy atom. The summed E-state index contributed by atoms with van der Waals surface area (Å²) < 4.78 is 22.5. The molecule has 6 heteroatoms. The highest BCUT2D eigenvalue weighted by Crippen LogP contribution is 2.38. The van der Waals surface area contributed by atoms with Gasteiger partial charge in [-0.2, -0.15) is 0 Å². The second kappa shape index (κ2) is 9.33. The van der Waals surface area contributed by atoms with Gasteiger partial charge < -0.3 is 23.8 Å². The molecule has 1 unspecified atom stereocenters. The lowest BCUT2D eigenvalue weighted by atomic mass is 10.0. The van der Waals surface area contributed by atoms with Gasteiger partial charge in [-0.3, -0.25) is 4.79 Å². The highest BCUT2D eigenvalue weighted by Gasteiger charge is 2.29. The third kappa shape index (κ3) is 4.79. The van der Waals surface area contributed by atoms with Gasteiger partial charge in [-0.05, 0) is 68.2 Å². The maximum atomic E-state index is 13.0. The summed E-state index contributed by atoms with van der Waals surface area (Å²) in [6.07, 6.45) is 5.43. The van der Waals surface area contributed by atoms with E-state index in [1.54, 1.807) is 13.2 Å². The average molecular weight is 424 g/mol. The van der Waals surface area contributed by atoms with Crippen molar-refractivity contribution in [3.8, 4) is 23.0 Å². The Balaban J connectivity index is 1.48. The number of nitrogens with zero attached hydrogens (tertiary/aromatic N) is 1. The number of likely N-dealkylation sites (tertiary alicyclic amines) is 1. The molecule has 31 heavy (non-hydrogen) atoms. The van der Waals surface area contributed by atoms with E-state index in [2.05, 4.69) is 0 Å². The lowest BCUT2D eigenvalue weighted by molar-refractivity contribution is -0.126. The Labute approximate surface area is 183 Å². The molecule has 0 bridgehead atoms. The van der Waals surface area contributed by atoms with Gasteiger partial charge in [0.1, 0.15) is 13.2 Å². The van der Waals surface area contributed by atoms with Gasteiger partial charge in [0.2, 0.25) is 5.91 Å². The fourth-order valence-corrected chi connectivity index (χ4v) is 4.05. The molecule has 164 valence electrons. The summed E-state index contributed by atoms with van der Waals surface area (Å²) in [5.74, 6) is 2.87. The Morgan fingerprint density at radius 3 is 2.68 bits per heavy atom. The zero-order valence-corrected chi connectivity index (χ0v) is 18.3. The number of carbonyl (C=O) groups excluding carboxylic acids is 1. The van der Waals surface area contributed by atoms with Crippen molar-refractivity contribution in [1.82, 2.24) is 4.90 Å². The molecule has 1 fully saturated rings. The molecule has 1 saturated heterocycles. The molecule has 2 heterocycles. The van der Waals surface area contributed by atoms with Crippen LogP contribution in [-0.2, 0) is 4.79 Å². The van der Waals surface area contributed by atoms with Gasteiger partial charge in [0.15, 0.2) is 23.0 Å². The van der Waals surface area contributed by atoms with Crippen LogP contribution in [0, 0.1) is 0 Å². The van der Waals surface area contributed by atoms with Crippen LogP contribution in [0.5, 0.6) is 23.0 Å². The van der Waals surface area contributed by atoms with E-state index in [1.807, 2.05) is 61.2 Å². The highest BCUT2D eigenvalue weighted by molar-refractivity contribution is 5.92. The smallest absolute Gasteiger partial charge is 0.247 e. The molecule has 0 aliphatic carbocycles. The van der Waals surface area contributed by atoms with E-state index in [9.17, 15) is 4.79 Å². The standard InChI is InChI=1S/C25H29NO5/c1-17(2)31-22-9-6-18(15-23(22)28-3)7-11-25(27)26-12-4-5-20(26)19-8-10-21-24(16-19)30-14-13-29-21/h6-11,15-17,20H,4-5,12-14H2,1-3H3/b11-7+. The Morgan fingerprint density at radius 1 is 1.10 bits per heavy atom. The fourth-order valence-electron chi connectivity index (χ4n) is 4.05. The van der Waals surface area contributed by atoms with Crippen LogP contribution >= 0.6 is 0 Å². The van der Waals surface area contributed by atoms with E-state index >= 15 is 0 Å². The maximum absolute atomic E-state index is 13.0. The van der Waals surface area contributed by atoms with Gasteiger partial charge >= 0.3 is 0 Å². The highest BCUT2D eigenvalue weighted by atomic mass is 16.6. The molecular weight excluding hydrogens is 394 g/mol. The molecule has 1 atom stereocenters. The summed E-state index contributed by atoms with van der Waals surface area (Å²) in [5, 5.41) is 0. The first-order chi connectivity index (χ1) is 15.0. The first-order valence-corrected chi connectivity index (χ1v) is 10.8. The summed E-state index contributed by atoms with van der Waals surface area (Å²) in [6, 6.07) is 11.7. The number of methoxy groups -OCH3 is 1. The molecule has 0 saturated carbocycles. The predicted octanol–water partition coefficient (Wildman–Crippen LogP) is 4.63. The number of hydrogen-bond acceptors (Lipinski definition) is 5. The third-order valence-electron chi connectivity index (χ3n) is 5.46. The molecule has 2 aromatic rings. The molecule has 1 amide bonds. The molecule has 4 rings (SSSR count). The first-order valence-electron chi connectivity index (χ1n) is 10.8. The topological polar surface area (TPSA) is 57.2 Å². The van der Waals surface area contributed by atoms with Crippen LogP contribution in [0.25, 0.3) is 6.08 Å². The van der Waals surface area contributed by atoms with Crippen molar-refractivity contribution in [2.45, 2.75) is 38.8 Å². The summed E-state index contributed by atoms with van der Waals surface area (Å²) >= 11 is 0. The zero-order valence-electron chi connectivity index (χ0n) is 18.3. The van der Waals surface area contributed by atoms with Crippen molar-refractivity contribution in [2.75, 3.05) is 26.9 Å². The van der Waals surface area contributed by atoms with E-state index in [0.29, 0.717) is 24.7 Å². The van der Waals surface area contributed by atoms with Crippen LogP contribution < -0.4 is 18.9 Å². The number of rotatable bonds is 6.